The van der Waals surface area contributed by atoms with Gasteiger partial charge >= 0.3 is 0 Å². The number of allylic oxidation sites excluding steroid dienone is 1. The fourth-order valence-corrected chi connectivity index (χ4v) is 4.02. The van der Waals surface area contributed by atoms with Gasteiger partial charge in [-0.15, -0.1) is 16.8 Å². The number of hydrogen-bond donors (Lipinski definition) is 1. The van der Waals surface area contributed by atoms with Gasteiger partial charge in [-0.25, -0.2) is 4.98 Å². The highest BCUT2D eigenvalue weighted by molar-refractivity contribution is 7.98. The van der Waals surface area contributed by atoms with Crippen molar-refractivity contribution in [2.24, 2.45) is 0 Å². The SMILES string of the molecule is C=CCn1c(COc2cc(C)ccc2C)nnc1SCc1nc2ccccc2c(=O)[nH]1. The average molecular weight is 434 g/mol. The van der Waals surface area contributed by atoms with Gasteiger partial charge in [0.15, 0.2) is 11.0 Å². The minimum Gasteiger partial charge on any atom is -0.485 e. The Morgan fingerprint density at radius 3 is 2.87 bits per heavy atom. The molecule has 2 heterocycles. The highest BCUT2D eigenvalue weighted by Crippen LogP contribution is 2.23. The van der Waals surface area contributed by atoms with E-state index in [1.165, 1.54) is 11.8 Å². The summed E-state index contributed by atoms with van der Waals surface area (Å²) in [5.74, 6) is 2.60. The first-order chi connectivity index (χ1) is 15.0. The van der Waals surface area contributed by atoms with Gasteiger partial charge in [0.25, 0.3) is 5.56 Å². The molecular formula is C23H23N5O2S. The number of benzene rings is 2. The number of H-pyrrole nitrogens is 1. The summed E-state index contributed by atoms with van der Waals surface area (Å²) in [7, 11) is 0. The quantitative estimate of drug-likeness (QED) is 0.331. The minimum absolute atomic E-state index is 0.142. The third-order valence-corrected chi connectivity index (χ3v) is 5.78. The predicted molar refractivity (Wildman–Crippen MR) is 122 cm³/mol. The smallest absolute Gasteiger partial charge is 0.258 e. The number of aromatic amines is 1. The van der Waals surface area contributed by atoms with E-state index in [1.54, 1.807) is 12.1 Å². The number of nitrogens with zero attached hydrogens (tertiary/aromatic N) is 4. The lowest BCUT2D eigenvalue weighted by Crippen LogP contribution is -2.11. The molecule has 8 heteroatoms. The first-order valence-electron chi connectivity index (χ1n) is 9.89. The summed E-state index contributed by atoms with van der Waals surface area (Å²) in [6.45, 7) is 8.75. The molecule has 0 saturated heterocycles. The molecule has 0 fully saturated rings. The zero-order valence-corrected chi connectivity index (χ0v) is 18.3. The molecular weight excluding hydrogens is 410 g/mol. The standard InChI is InChI=1S/C23H23N5O2S/c1-4-11-28-21(13-30-19-12-15(2)9-10-16(19)3)26-27-23(28)31-14-20-24-18-8-6-5-7-17(18)22(29)25-20/h4-10,12H,1,11,13-14H2,2-3H3,(H,24,25,29). The Morgan fingerprint density at radius 2 is 2.03 bits per heavy atom. The summed E-state index contributed by atoms with van der Waals surface area (Å²) >= 11 is 1.46. The Hall–Kier alpha value is -3.39. The van der Waals surface area contributed by atoms with E-state index >= 15 is 0 Å². The summed E-state index contributed by atoms with van der Waals surface area (Å²) < 4.78 is 7.96. The molecule has 0 atom stereocenters. The first-order valence-corrected chi connectivity index (χ1v) is 10.9. The van der Waals surface area contributed by atoms with Crippen molar-refractivity contribution in [1.82, 2.24) is 24.7 Å². The third kappa shape index (κ3) is 4.69. The molecule has 0 spiro atoms. The Labute approximate surface area is 184 Å². The van der Waals surface area contributed by atoms with Crippen molar-refractivity contribution >= 4 is 22.7 Å². The lowest BCUT2D eigenvalue weighted by atomic mass is 10.1. The van der Waals surface area contributed by atoms with Crippen LogP contribution in [0.3, 0.4) is 0 Å². The van der Waals surface area contributed by atoms with Gasteiger partial charge in [0, 0.05) is 6.54 Å². The molecule has 158 valence electrons. The van der Waals surface area contributed by atoms with E-state index in [2.05, 4.69) is 32.8 Å². The van der Waals surface area contributed by atoms with Crippen LogP contribution in [0.25, 0.3) is 10.9 Å². The maximum atomic E-state index is 12.3. The van der Waals surface area contributed by atoms with Crippen molar-refractivity contribution in [3.8, 4) is 5.75 Å². The van der Waals surface area contributed by atoms with E-state index in [0.29, 0.717) is 41.5 Å². The molecule has 2 aromatic heterocycles. The van der Waals surface area contributed by atoms with Crippen molar-refractivity contribution in [2.75, 3.05) is 0 Å². The average Bonchev–Trinajstić information content (AvgIpc) is 3.15. The lowest BCUT2D eigenvalue weighted by molar-refractivity contribution is 0.287. The number of aromatic nitrogens is 5. The number of thioether (sulfide) groups is 1. The van der Waals surface area contributed by atoms with Gasteiger partial charge < -0.3 is 9.72 Å². The van der Waals surface area contributed by atoms with Gasteiger partial charge in [0.1, 0.15) is 18.2 Å². The van der Waals surface area contributed by atoms with Gasteiger partial charge in [0.05, 0.1) is 16.7 Å². The topological polar surface area (TPSA) is 85.7 Å². The first kappa shape index (κ1) is 20.9. The fourth-order valence-electron chi connectivity index (χ4n) is 3.19. The molecule has 7 nitrogen and oxygen atoms in total. The molecule has 0 radical (unpaired) electrons. The van der Waals surface area contributed by atoms with E-state index in [-0.39, 0.29) is 5.56 Å². The van der Waals surface area contributed by atoms with Crippen LogP contribution in [0.15, 0.2) is 65.1 Å². The molecule has 2 aromatic carbocycles. The van der Waals surface area contributed by atoms with E-state index < -0.39 is 0 Å². The summed E-state index contributed by atoms with van der Waals surface area (Å²) in [6, 6.07) is 13.4. The number of ether oxygens (including phenoxy) is 1. The van der Waals surface area contributed by atoms with Crippen molar-refractivity contribution in [1.29, 1.82) is 0 Å². The molecule has 4 rings (SSSR count). The van der Waals surface area contributed by atoms with Crippen LogP contribution in [-0.2, 0) is 18.9 Å². The molecule has 0 aliphatic rings. The molecule has 0 aliphatic heterocycles. The number of aryl methyl sites for hydroxylation is 2. The number of nitrogens with one attached hydrogen (secondary N) is 1. The second-order valence-corrected chi connectivity index (χ2v) is 8.12. The van der Waals surface area contributed by atoms with Crippen LogP contribution < -0.4 is 10.3 Å². The number of fused-ring (bicyclic) bond motifs is 1. The summed E-state index contributed by atoms with van der Waals surface area (Å²) in [5.41, 5.74) is 2.75. The Morgan fingerprint density at radius 1 is 1.19 bits per heavy atom. The zero-order valence-electron chi connectivity index (χ0n) is 17.5. The van der Waals surface area contributed by atoms with Gasteiger partial charge in [0.2, 0.25) is 0 Å². The summed E-state index contributed by atoms with van der Waals surface area (Å²) in [5, 5.41) is 9.92. The van der Waals surface area contributed by atoms with Crippen LogP contribution in [0.4, 0.5) is 0 Å². The van der Waals surface area contributed by atoms with E-state index in [4.69, 9.17) is 4.74 Å². The van der Waals surface area contributed by atoms with Crippen LogP contribution in [0.1, 0.15) is 22.8 Å². The van der Waals surface area contributed by atoms with Crippen LogP contribution in [-0.4, -0.2) is 24.7 Å². The maximum Gasteiger partial charge on any atom is 0.258 e. The van der Waals surface area contributed by atoms with Gasteiger partial charge in [-0.05, 0) is 43.2 Å². The van der Waals surface area contributed by atoms with Crippen molar-refractivity contribution in [2.45, 2.75) is 37.9 Å². The predicted octanol–water partition coefficient (Wildman–Crippen LogP) is 4.19. The highest BCUT2D eigenvalue weighted by atomic mass is 32.2. The van der Waals surface area contributed by atoms with Crippen LogP contribution in [0, 0.1) is 13.8 Å². The number of hydrogen-bond acceptors (Lipinski definition) is 6. The molecule has 0 aliphatic carbocycles. The van der Waals surface area contributed by atoms with E-state index in [1.807, 2.05) is 48.7 Å². The third-order valence-electron chi connectivity index (χ3n) is 4.81. The summed E-state index contributed by atoms with van der Waals surface area (Å²) in [6.07, 6.45) is 1.80. The van der Waals surface area contributed by atoms with Crippen molar-refractivity contribution < 1.29 is 4.74 Å². The highest BCUT2D eigenvalue weighted by Gasteiger charge is 2.14. The number of rotatable bonds is 8. The molecule has 0 amide bonds. The van der Waals surface area contributed by atoms with Gasteiger partial charge in [-0.2, -0.15) is 0 Å². The van der Waals surface area contributed by atoms with Crippen LogP contribution in [0.5, 0.6) is 5.75 Å². The van der Waals surface area contributed by atoms with Crippen LogP contribution in [0.2, 0.25) is 0 Å². The van der Waals surface area contributed by atoms with Crippen LogP contribution >= 0.6 is 11.8 Å². The van der Waals surface area contributed by atoms with Crippen molar-refractivity contribution in [3.63, 3.8) is 0 Å². The second-order valence-electron chi connectivity index (χ2n) is 7.17. The Bertz CT molecular complexity index is 1290. The summed E-state index contributed by atoms with van der Waals surface area (Å²) in [4.78, 5) is 19.7. The molecule has 0 saturated carbocycles. The fraction of sp³-hybridized carbons (Fsp3) is 0.217. The number of para-hydroxylation sites is 1. The second kappa shape index (κ2) is 9.18. The van der Waals surface area contributed by atoms with E-state index in [0.717, 1.165) is 22.0 Å². The largest absolute Gasteiger partial charge is 0.485 e. The van der Waals surface area contributed by atoms with Crippen molar-refractivity contribution in [3.05, 3.63) is 88.2 Å². The Balaban J connectivity index is 1.51. The molecule has 0 unspecified atom stereocenters. The molecule has 4 aromatic rings. The normalized spacial score (nSPS) is 11.0. The monoisotopic (exact) mass is 433 g/mol. The lowest BCUT2D eigenvalue weighted by Gasteiger charge is -2.11. The molecule has 1 N–H and O–H groups in total. The van der Waals surface area contributed by atoms with E-state index in [9.17, 15) is 4.79 Å². The Kier molecular flexibility index (Phi) is 6.18. The van der Waals surface area contributed by atoms with Gasteiger partial charge in [-0.1, -0.05) is 42.1 Å². The molecule has 0 bridgehead atoms. The molecule has 31 heavy (non-hydrogen) atoms. The minimum atomic E-state index is -0.142. The van der Waals surface area contributed by atoms with Gasteiger partial charge in [-0.3, -0.25) is 9.36 Å². The maximum absolute atomic E-state index is 12.3. The zero-order chi connectivity index (χ0) is 21.8.